The zero-order valence-electron chi connectivity index (χ0n) is 16.5. The van der Waals surface area contributed by atoms with Gasteiger partial charge < -0.3 is 19.1 Å². The second-order valence-electron chi connectivity index (χ2n) is 6.68. The highest BCUT2D eigenvalue weighted by Crippen LogP contribution is 2.56. The predicted octanol–water partition coefficient (Wildman–Crippen LogP) is 1.36. The third-order valence-corrected chi connectivity index (χ3v) is 11.0. The lowest BCUT2D eigenvalue weighted by Gasteiger charge is -2.45. The SMILES string of the molecule is COC(=O)c1cc(P(=S)(N2CCOCC2)N2CCOCC2)c(/N=C/N(C)C)s1. The Morgan fingerprint density at radius 3 is 2.21 bits per heavy atom. The number of aliphatic imine (C=N–C) groups is 1. The van der Waals surface area contributed by atoms with E-state index < -0.39 is 6.34 Å². The number of rotatable bonds is 6. The van der Waals surface area contributed by atoms with E-state index >= 15 is 0 Å². The molecule has 8 nitrogen and oxygen atoms in total. The van der Waals surface area contributed by atoms with Crippen molar-refractivity contribution in [2.75, 3.05) is 73.8 Å². The molecule has 156 valence electrons. The second-order valence-corrected chi connectivity index (χ2v) is 11.9. The van der Waals surface area contributed by atoms with Crippen molar-refractivity contribution in [2.24, 2.45) is 4.99 Å². The number of methoxy groups -OCH3 is 1. The van der Waals surface area contributed by atoms with E-state index in [2.05, 4.69) is 14.3 Å². The van der Waals surface area contributed by atoms with E-state index in [4.69, 9.17) is 26.0 Å². The molecule has 0 atom stereocenters. The van der Waals surface area contributed by atoms with E-state index in [0.717, 1.165) is 36.5 Å². The molecule has 2 saturated heterocycles. The summed E-state index contributed by atoms with van der Waals surface area (Å²) in [5, 5.41) is 1.73. The summed E-state index contributed by atoms with van der Waals surface area (Å²) in [4.78, 5) is 19.3. The summed E-state index contributed by atoms with van der Waals surface area (Å²) in [6.07, 6.45) is -0.594. The predicted molar refractivity (Wildman–Crippen MR) is 116 cm³/mol. The lowest BCUT2D eigenvalue weighted by molar-refractivity contribution is 0.0588. The molecule has 0 bridgehead atoms. The van der Waals surface area contributed by atoms with Crippen LogP contribution in [0.5, 0.6) is 0 Å². The maximum atomic E-state index is 12.2. The fraction of sp³-hybridized carbons (Fsp3) is 0.647. The van der Waals surface area contributed by atoms with Crippen LogP contribution in [0.3, 0.4) is 0 Å². The second kappa shape index (κ2) is 9.75. The summed E-state index contributed by atoms with van der Waals surface area (Å²) in [5.74, 6) is -0.358. The minimum Gasteiger partial charge on any atom is -0.465 e. The van der Waals surface area contributed by atoms with Gasteiger partial charge in [-0.05, 0) is 6.07 Å². The van der Waals surface area contributed by atoms with Crippen LogP contribution in [0.15, 0.2) is 11.1 Å². The van der Waals surface area contributed by atoms with Gasteiger partial charge in [-0.3, -0.25) is 9.34 Å². The summed E-state index contributed by atoms with van der Waals surface area (Å²) in [6.45, 7) is 5.73. The highest BCUT2D eigenvalue weighted by atomic mass is 32.4. The molecule has 0 N–H and O–H groups in total. The molecule has 1 aromatic rings. The van der Waals surface area contributed by atoms with E-state index in [1.807, 2.05) is 25.1 Å². The van der Waals surface area contributed by atoms with E-state index in [0.29, 0.717) is 31.3 Å². The number of hydrogen-bond acceptors (Lipinski definition) is 7. The molecule has 1 aromatic heterocycles. The normalized spacial score (nSPS) is 19.8. The van der Waals surface area contributed by atoms with Gasteiger partial charge in [0.05, 0.1) is 45.2 Å². The van der Waals surface area contributed by atoms with E-state index in [-0.39, 0.29) is 5.97 Å². The molecule has 0 unspecified atom stereocenters. The van der Waals surface area contributed by atoms with Crippen LogP contribution in [0.1, 0.15) is 9.67 Å². The minimum atomic E-state index is -2.34. The summed E-state index contributed by atoms with van der Waals surface area (Å²) in [6, 6.07) is 1.89. The molecule has 11 heteroatoms. The quantitative estimate of drug-likeness (QED) is 0.281. The molecule has 0 spiro atoms. The Kier molecular flexibility index (Phi) is 7.60. The fourth-order valence-electron chi connectivity index (χ4n) is 3.18. The first-order valence-corrected chi connectivity index (χ1v) is 12.7. The van der Waals surface area contributed by atoms with Crippen LogP contribution >= 0.6 is 17.7 Å². The molecule has 2 aliphatic rings. The molecule has 0 aliphatic carbocycles. The van der Waals surface area contributed by atoms with Crippen LogP contribution in [0, 0.1) is 0 Å². The van der Waals surface area contributed by atoms with Crippen LogP contribution in [0.25, 0.3) is 0 Å². The maximum absolute atomic E-state index is 12.2. The number of ether oxygens (including phenoxy) is 3. The highest BCUT2D eigenvalue weighted by Gasteiger charge is 2.39. The van der Waals surface area contributed by atoms with E-state index in [9.17, 15) is 4.79 Å². The monoisotopic (exact) mass is 446 g/mol. The summed E-state index contributed by atoms with van der Waals surface area (Å²) < 4.78 is 20.8. The third kappa shape index (κ3) is 4.64. The van der Waals surface area contributed by atoms with Gasteiger partial charge in [-0.1, -0.05) is 11.8 Å². The molecule has 28 heavy (non-hydrogen) atoms. The van der Waals surface area contributed by atoms with Gasteiger partial charge in [0, 0.05) is 40.3 Å². The molecule has 2 fully saturated rings. The third-order valence-electron chi connectivity index (χ3n) is 4.54. The van der Waals surface area contributed by atoms with Gasteiger partial charge in [0.25, 0.3) is 0 Å². The average molecular weight is 447 g/mol. The number of esters is 1. The molecule has 0 amide bonds. The summed E-state index contributed by atoms with van der Waals surface area (Å²) >= 11 is 7.77. The number of carbonyl (C=O) groups is 1. The lowest BCUT2D eigenvalue weighted by atomic mass is 10.5. The fourth-order valence-corrected chi connectivity index (χ4v) is 9.15. The standard InChI is InChI=1S/C17H27N4O4PS2/c1-19(2)13-18-16-14(12-15(28-16)17(22)23-3)26(27,20-4-8-24-9-5-20)21-6-10-25-11-7-21/h12-13H,4-11H2,1-3H3/b18-13+. The van der Waals surface area contributed by atoms with Gasteiger partial charge in [0.15, 0.2) is 0 Å². The van der Waals surface area contributed by atoms with Gasteiger partial charge >= 0.3 is 5.97 Å². The molecule has 3 heterocycles. The van der Waals surface area contributed by atoms with Crippen molar-refractivity contribution in [1.29, 1.82) is 0 Å². The topological polar surface area (TPSA) is 66.8 Å². The Morgan fingerprint density at radius 2 is 1.75 bits per heavy atom. The summed E-state index contributed by atoms with van der Waals surface area (Å²) in [5.41, 5.74) is 0. The Balaban J connectivity index is 2.10. The van der Waals surface area contributed by atoms with Gasteiger partial charge in [-0.25, -0.2) is 9.79 Å². The molecular formula is C17H27N4O4PS2. The molecule has 0 saturated carbocycles. The Labute approximate surface area is 175 Å². The van der Waals surface area contributed by atoms with Gasteiger partial charge in [-0.15, -0.1) is 11.3 Å². The smallest absolute Gasteiger partial charge is 0.348 e. The van der Waals surface area contributed by atoms with Crippen LogP contribution < -0.4 is 5.30 Å². The Bertz CT molecular complexity index is 736. The molecule has 0 aromatic carbocycles. The van der Waals surface area contributed by atoms with Crippen LogP contribution in [-0.2, 0) is 26.0 Å². The van der Waals surface area contributed by atoms with Gasteiger partial charge in [-0.2, -0.15) is 0 Å². The van der Waals surface area contributed by atoms with Crippen molar-refractivity contribution >= 4 is 52.1 Å². The zero-order chi connectivity index (χ0) is 20.1. The first-order valence-electron chi connectivity index (χ1n) is 9.16. The molecule has 0 radical (unpaired) electrons. The van der Waals surface area contributed by atoms with Crippen LogP contribution in [-0.4, -0.2) is 100 Å². The van der Waals surface area contributed by atoms with Crippen LogP contribution in [0.2, 0.25) is 0 Å². The summed E-state index contributed by atoms with van der Waals surface area (Å²) in [7, 11) is 5.22. The van der Waals surface area contributed by atoms with Crippen LogP contribution in [0.4, 0.5) is 5.00 Å². The number of nitrogens with zero attached hydrogens (tertiary/aromatic N) is 4. The Hall–Kier alpha value is -0.870. The molecular weight excluding hydrogens is 419 g/mol. The number of thiophene rings is 1. The van der Waals surface area contributed by atoms with Crippen molar-refractivity contribution < 1.29 is 19.0 Å². The number of hydrogen-bond donors (Lipinski definition) is 0. The van der Waals surface area contributed by atoms with E-state index in [1.54, 1.807) is 6.34 Å². The van der Waals surface area contributed by atoms with Gasteiger partial charge in [0.1, 0.15) is 16.2 Å². The first-order chi connectivity index (χ1) is 13.5. The first kappa shape index (κ1) is 21.8. The van der Waals surface area contributed by atoms with Crippen molar-refractivity contribution in [2.45, 2.75) is 0 Å². The van der Waals surface area contributed by atoms with Crippen molar-refractivity contribution in [3.8, 4) is 0 Å². The highest BCUT2D eigenvalue weighted by molar-refractivity contribution is 8.16. The maximum Gasteiger partial charge on any atom is 0.348 e. The number of carbonyl (C=O) groups excluding carboxylic acids is 1. The zero-order valence-corrected chi connectivity index (χ0v) is 19.0. The minimum absolute atomic E-state index is 0.358. The van der Waals surface area contributed by atoms with Crippen molar-refractivity contribution in [1.82, 2.24) is 14.2 Å². The largest absolute Gasteiger partial charge is 0.465 e. The van der Waals surface area contributed by atoms with Gasteiger partial charge in [0.2, 0.25) is 0 Å². The van der Waals surface area contributed by atoms with Crippen molar-refractivity contribution in [3.05, 3.63) is 10.9 Å². The lowest BCUT2D eigenvalue weighted by Crippen LogP contribution is -2.46. The van der Waals surface area contributed by atoms with Crippen molar-refractivity contribution in [3.63, 3.8) is 0 Å². The van der Waals surface area contributed by atoms with E-state index in [1.165, 1.54) is 18.4 Å². The molecule has 3 rings (SSSR count). The average Bonchev–Trinajstić information content (AvgIpc) is 3.17. The Morgan fingerprint density at radius 1 is 1.21 bits per heavy atom. The molecule has 2 aliphatic heterocycles. The number of morpholine rings is 2.